The molecule has 0 bridgehead atoms. The van der Waals surface area contributed by atoms with Gasteiger partial charge in [0, 0.05) is 5.56 Å². The number of rotatable bonds is 2. The third-order valence-corrected chi connectivity index (χ3v) is 1.75. The Bertz CT molecular complexity index is 371. The minimum Gasteiger partial charge on any atom is -0.478 e. The van der Waals surface area contributed by atoms with Gasteiger partial charge in [0.25, 0.3) is 0 Å². The number of carboxylic acids is 1. The van der Waals surface area contributed by atoms with E-state index >= 15 is 0 Å². The third kappa shape index (κ3) is 1.84. The molecule has 0 saturated heterocycles. The van der Waals surface area contributed by atoms with Crippen LogP contribution in [0, 0.1) is 6.92 Å². The van der Waals surface area contributed by atoms with Crippen LogP contribution >= 0.6 is 0 Å². The minimum atomic E-state index is -1.07. The molecule has 0 aliphatic heterocycles. The summed E-state index contributed by atoms with van der Waals surface area (Å²) < 4.78 is 0. The summed E-state index contributed by atoms with van der Waals surface area (Å²) in [6.45, 7) is 1.70. The second kappa shape index (κ2) is 3.26. The van der Waals surface area contributed by atoms with E-state index in [1.54, 1.807) is 13.0 Å². The van der Waals surface area contributed by atoms with Crippen LogP contribution in [0.25, 0.3) is 0 Å². The van der Waals surface area contributed by atoms with E-state index in [-0.39, 0.29) is 11.1 Å². The van der Waals surface area contributed by atoms with Gasteiger partial charge in [0.05, 0.1) is 5.56 Å². The zero-order chi connectivity index (χ0) is 10.0. The fourth-order valence-corrected chi connectivity index (χ4v) is 1.02. The lowest BCUT2D eigenvalue weighted by molar-refractivity contribution is 0.0697. The Morgan fingerprint density at radius 1 is 1.38 bits per heavy atom. The first-order chi connectivity index (χ1) is 6.02. The van der Waals surface area contributed by atoms with Crippen LogP contribution < -0.4 is 5.73 Å². The standard InChI is InChI=1S/C9H9NO3/c1-5-2-3-6(9(12)13)4-7(5)8(10)11/h2-4H,1H3,(H2,10,11)(H,12,13). The molecule has 0 spiro atoms. The number of primary amides is 1. The number of amides is 1. The van der Waals surface area contributed by atoms with Gasteiger partial charge >= 0.3 is 5.97 Å². The number of aromatic carboxylic acids is 1. The Kier molecular flexibility index (Phi) is 2.32. The fourth-order valence-electron chi connectivity index (χ4n) is 1.02. The van der Waals surface area contributed by atoms with Crippen molar-refractivity contribution < 1.29 is 14.7 Å². The van der Waals surface area contributed by atoms with Gasteiger partial charge in [0.15, 0.2) is 0 Å². The van der Waals surface area contributed by atoms with Gasteiger partial charge in [-0.3, -0.25) is 4.79 Å². The smallest absolute Gasteiger partial charge is 0.335 e. The van der Waals surface area contributed by atoms with Gasteiger partial charge in [-0.15, -0.1) is 0 Å². The summed E-state index contributed by atoms with van der Waals surface area (Å²) in [6, 6.07) is 4.27. The molecule has 4 nitrogen and oxygen atoms in total. The highest BCUT2D eigenvalue weighted by Crippen LogP contribution is 2.10. The first-order valence-electron chi connectivity index (χ1n) is 3.66. The Labute approximate surface area is 75.0 Å². The number of hydrogen-bond acceptors (Lipinski definition) is 2. The van der Waals surface area contributed by atoms with Crippen LogP contribution in [-0.4, -0.2) is 17.0 Å². The summed E-state index contributed by atoms with van der Waals surface area (Å²) >= 11 is 0. The summed E-state index contributed by atoms with van der Waals surface area (Å²) in [4.78, 5) is 21.4. The molecule has 13 heavy (non-hydrogen) atoms. The molecule has 0 unspecified atom stereocenters. The molecule has 1 rings (SSSR count). The van der Waals surface area contributed by atoms with E-state index in [1.807, 2.05) is 0 Å². The van der Waals surface area contributed by atoms with Gasteiger partial charge in [-0.1, -0.05) is 6.07 Å². The fraction of sp³-hybridized carbons (Fsp3) is 0.111. The lowest BCUT2D eigenvalue weighted by Gasteiger charge is -2.01. The maximum absolute atomic E-state index is 10.8. The van der Waals surface area contributed by atoms with Crippen molar-refractivity contribution in [2.45, 2.75) is 6.92 Å². The molecule has 0 aliphatic rings. The van der Waals surface area contributed by atoms with Crippen molar-refractivity contribution in [1.29, 1.82) is 0 Å². The van der Waals surface area contributed by atoms with E-state index in [4.69, 9.17) is 10.8 Å². The van der Waals surface area contributed by atoms with Gasteiger partial charge in [-0.25, -0.2) is 4.79 Å². The van der Waals surface area contributed by atoms with E-state index in [0.717, 1.165) is 0 Å². The zero-order valence-corrected chi connectivity index (χ0v) is 7.07. The maximum Gasteiger partial charge on any atom is 0.335 e. The number of carbonyl (C=O) groups excluding carboxylic acids is 1. The van der Waals surface area contributed by atoms with Crippen molar-refractivity contribution in [3.8, 4) is 0 Å². The molecule has 0 atom stereocenters. The first-order valence-corrected chi connectivity index (χ1v) is 3.66. The quantitative estimate of drug-likeness (QED) is 0.704. The molecule has 4 heteroatoms. The van der Waals surface area contributed by atoms with Gasteiger partial charge in [0.2, 0.25) is 5.91 Å². The van der Waals surface area contributed by atoms with Crippen LogP contribution in [0.15, 0.2) is 18.2 Å². The number of aryl methyl sites for hydroxylation is 1. The molecule has 68 valence electrons. The van der Waals surface area contributed by atoms with Crippen LogP contribution in [0.4, 0.5) is 0 Å². The van der Waals surface area contributed by atoms with Gasteiger partial charge in [0.1, 0.15) is 0 Å². The lowest BCUT2D eigenvalue weighted by atomic mass is 10.0. The molecule has 0 aliphatic carbocycles. The highest BCUT2D eigenvalue weighted by Gasteiger charge is 2.09. The number of nitrogens with two attached hydrogens (primary N) is 1. The molecule has 0 aromatic heterocycles. The van der Waals surface area contributed by atoms with Crippen LogP contribution in [0.2, 0.25) is 0 Å². The SMILES string of the molecule is Cc1ccc(C(=O)O)cc1C(N)=O. The summed E-state index contributed by atoms with van der Waals surface area (Å²) in [6.07, 6.45) is 0. The van der Waals surface area contributed by atoms with Crippen molar-refractivity contribution in [3.63, 3.8) is 0 Å². The summed E-state index contributed by atoms with van der Waals surface area (Å²) in [5.41, 5.74) is 6.05. The first kappa shape index (κ1) is 9.25. The lowest BCUT2D eigenvalue weighted by Crippen LogP contribution is -2.13. The largest absolute Gasteiger partial charge is 0.478 e. The summed E-state index contributed by atoms with van der Waals surface area (Å²) in [5, 5.41) is 8.63. The molecule has 3 N–H and O–H groups in total. The van der Waals surface area contributed by atoms with E-state index in [9.17, 15) is 9.59 Å². The number of carboxylic acid groups (broad SMARTS) is 1. The van der Waals surface area contributed by atoms with Crippen molar-refractivity contribution in [2.24, 2.45) is 5.73 Å². The molecule has 1 aromatic carbocycles. The number of carbonyl (C=O) groups is 2. The van der Waals surface area contributed by atoms with Crippen molar-refractivity contribution >= 4 is 11.9 Å². The minimum absolute atomic E-state index is 0.0689. The Morgan fingerprint density at radius 2 is 2.00 bits per heavy atom. The Balaban J connectivity index is 3.27. The van der Waals surface area contributed by atoms with E-state index < -0.39 is 11.9 Å². The molecule has 0 heterocycles. The van der Waals surface area contributed by atoms with Crippen LogP contribution in [-0.2, 0) is 0 Å². The molecular weight excluding hydrogens is 170 g/mol. The van der Waals surface area contributed by atoms with Gasteiger partial charge in [-0.05, 0) is 24.6 Å². The van der Waals surface area contributed by atoms with Crippen LogP contribution in [0.1, 0.15) is 26.3 Å². The maximum atomic E-state index is 10.8. The van der Waals surface area contributed by atoms with Gasteiger partial charge < -0.3 is 10.8 Å². The average molecular weight is 179 g/mol. The van der Waals surface area contributed by atoms with Crippen molar-refractivity contribution in [2.75, 3.05) is 0 Å². The van der Waals surface area contributed by atoms with Gasteiger partial charge in [-0.2, -0.15) is 0 Å². The predicted molar refractivity (Wildman–Crippen MR) is 46.7 cm³/mol. The highest BCUT2D eigenvalue weighted by atomic mass is 16.4. The average Bonchev–Trinajstić information content (AvgIpc) is 2.04. The predicted octanol–water partition coefficient (Wildman–Crippen LogP) is 0.792. The molecule has 0 saturated carbocycles. The highest BCUT2D eigenvalue weighted by molar-refractivity contribution is 5.97. The van der Waals surface area contributed by atoms with E-state index in [2.05, 4.69) is 0 Å². The topological polar surface area (TPSA) is 80.4 Å². The van der Waals surface area contributed by atoms with E-state index in [0.29, 0.717) is 5.56 Å². The number of hydrogen-bond donors (Lipinski definition) is 2. The molecular formula is C9H9NO3. The summed E-state index contributed by atoms with van der Waals surface area (Å²) in [5.74, 6) is -1.68. The third-order valence-electron chi connectivity index (χ3n) is 1.75. The van der Waals surface area contributed by atoms with Crippen LogP contribution in [0.5, 0.6) is 0 Å². The monoisotopic (exact) mass is 179 g/mol. The second-order valence-corrected chi connectivity index (χ2v) is 2.70. The van der Waals surface area contributed by atoms with Crippen LogP contribution in [0.3, 0.4) is 0 Å². The number of benzene rings is 1. The summed E-state index contributed by atoms with van der Waals surface area (Å²) in [7, 11) is 0. The molecule has 0 radical (unpaired) electrons. The Hall–Kier alpha value is -1.84. The molecule has 1 amide bonds. The van der Waals surface area contributed by atoms with Crippen molar-refractivity contribution in [1.82, 2.24) is 0 Å². The van der Waals surface area contributed by atoms with E-state index in [1.165, 1.54) is 12.1 Å². The zero-order valence-electron chi connectivity index (χ0n) is 7.07. The Morgan fingerprint density at radius 3 is 2.46 bits per heavy atom. The normalized spacial score (nSPS) is 9.62. The molecule has 0 fully saturated rings. The second-order valence-electron chi connectivity index (χ2n) is 2.70. The van der Waals surface area contributed by atoms with Crippen molar-refractivity contribution in [3.05, 3.63) is 34.9 Å². The molecule has 1 aromatic rings.